The van der Waals surface area contributed by atoms with E-state index in [0.29, 0.717) is 5.41 Å². The van der Waals surface area contributed by atoms with Crippen LogP contribution in [0.2, 0.25) is 0 Å². The predicted molar refractivity (Wildman–Crippen MR) is 135 cm³/mol. The first-order valence-corrected chi connectivity index (χ1v) is 11.2. The highest BCUT2D eigenvalue weighted by Gasteiger charge is 2.26. The number of rotatable bonds is 7. The first kappa shape index (κ1) is 23.4. The van der Waals surface area contributed by atoms with Gasteiger partial charge in [0.15, 0.2) is 0 Å². The van der Waals surface area contributed by atoms with Crippen LogP contribution in [-0.4, -0.2) is 0 Å². The Morgan fingerprint density at radius 2 is 1.79 bits per heavy atom. The Morgan fingerprint density at radius 1 is 1.10 bits per heavy atom. The Balaban J connectivity index is 1.95. The maximum absolute atomic E-state index is 4.21. The summed E-state index contributed by atoms with van der Waals surface area (Å²) in [7, 11) is 2.72. The van der Waals surface area contributed by atoms with Crippen molar-refractivity contribution in [3.05, 3.63) is 101 Å². The molecule has 1 aromatic rings. The van der Waals surface area contributed by atoms with Gasteiger partial charge in [-0.05, 0) is 68.3 Å². The second-order valence-corrected chi connectivity index (χ2v) is 9.67. The zero-order valence-corrected chi connectivity index (χ0v) is 20.0. The van der Waals surface area contributed by atoms with E-state index in [1.54, 1.807) is 5.57 Å². The van der Waals surface area contributed by atoms with Crippen LogP contribution >= 0.6 is 9.24 Å². The third kappa shape index (κ3) is 7.79. The van der Waals surface area contributed by atoms with E-state index in [0.717, 1.165) is 12.0 Å². The van der Waals surface area contributed by atoms with Crippen molar-refractivity contribution in [2.45, 2.75) is 60.3 Å². The molecule has 2 rings (SSSR count). The van der Waals surface area contributed by atoms with Crippen molar-refractivity contribution in [1.82, 2.24) is 0 Å². The Morgan fingerprint density at radius 3 is 2.45 bits per heavy atom. The van der Waals surface area contributed by atoms with E-state index in [1.807, 2.05) is 0 Å². The van der Waals surface area contributed by atoms with Crippen LogP contribution in [0.4, 0.5) is 0 Å². The van der Waals surface area contributed by atoms with Crippen molar-refractivity contribution in [3.63, 3.8) is 0 Å². The maximum Gasteiger partial charge on any atom is -0.00315 e. The zero-order chi connectivity index (χ0) is 21.4. The molecule has 1 aliphatic carbocycles. The number of benzene rings is 1. The molecule has 0 amide bonds. The largest absolute Gasteiger partial charge is 0.106 e. The molecule has 0 heterocycles. The monoisotopic (exact) mass is 404 g/mol. The molecular formula is C28H37P. The van der Waals surface area contributed by atoms with Gasteiger partial charge in [-0.1, -0.05) is 103 Å². The van der Waals surface area contributed by atoms with E-state index in [9.17, 15) is 0 Å². The van der Waals surface area contributed by atoms with Gasteiger partial charge in [0.2, 0.25) is 0 Å². The molecule has 0 radical (unpaired) electrons. The number of hydrogen-bond acceptors (Lipinski definition) is 0. The SMILES string of the molecule is C=C(/C=C(C)/C=C/C=C(C)/C=C/C1=C(C)CCCC1(C)C)Cc1ccc(P)cc1. The molecule has 1 heteroatoms. The lowest BCUT2D eigenvalue weighted by Crippen LogP contribution is -2.19. The van der Waals surface area contributed by atoms with Crippen molar-refractivity contribution >= 4 is 14.5 Å². The summed E-state index contributed by atoms with van der Waals surface area (Å²) in [5, 5.41) is 1.21. The molecule has 0 fully saturated rings. The molecule has 154 valence electrons. The van der Waals surface area contributed by atoms with E-state index < -0.39 is 0 Å². The summed E-state index contributed by atoms with van der Waals surface area (Å²) in [5.74, 6) is 0. The summed E-state index contributed by atoms with van der Waals surface area (Å²) in [4.78, 5) is 0. The lowest BCUT2D eigenvalue weighted by atomic mass is 9.72. The lowest BCUT2D eigenvalue weighted by molar-refractivity contribution is 0.377. The first-order chi connectivity index (χ1) is 13.7. The fourth-order valence-electron chi connectivity index (χ4n) is 3.95. The van der Waals surface area contributed by atoms with Gasteiger partial charge in [0.25, 0.3) is 0 Å². The third-order valence-corrected chi connectivity index (χ3v) is 6.00. The fraction of sp³-hybridized carbons (Fsp3) is 0.357. The van der Waals surface area contributed by atoms with E-state index in [4.69, 9.17) is 0 Å². The van der Waals surface area contributed by atoms with E-state index >= 15 is 0 Å². The molecular weight excluding hydrogens is 367 g/mol. The van der Waals surface area contributed by atoms with E-state index in [2.05, 4.69) is 111 Å². The summed E-state index contributed by atoms with van der Waals surface area (Å²) in [5.41, 5.74) is 8.28. The van der Waals surface area contributed by atoms with Gasteiger partial charge in [0.1, 0.15) is 0 Å². The molecule has 1 unspecified atom stereocenters. The maximum atomic E-state index is 4.21. The van der Waals surface area contributed by atoms with Crippen LogP contribution in [0, 0.1) is 5.41 Å². The Hall–Kier alpha value is -1.91. The highest BCUT2D eigenvalue weighted by Crippen LogP contribution is 2.40. The average molecular weight is 405 g/mol. The second-order valence-electron chi connectivity index (χ2n) is 9.00. The predicted octanol–water partition coefficient (Wildman–Crippen LogP) is 7.82. The molecule has 29 heavy (non-hydrogen) atoms. The van der Waals surface area contributed by atoms with Crippen molar-refractivity contribution in [3.8, 4) is 0 Å². The molecule has 1 aliphatic rings. The van der Waals surface area contributed by atoms with Crippen LogP contribution in [0.5, 0.6) is 0 Å². The Bertz CT molecular complexity index is 867. The minimum absolute atomic E-state index is 0.297. The van der Waals surface area contributed by atoms with Gasteiger partial charge < -0.3 is 0 Å². The fourth-order valence-corrected chi connectivity index (χ4v) is 4.14. The summed E-state index contributed by atoms with van der Waals surface area (Å²) >= 11 is 0. The second kappa shape index (κ2) is 10.7. The molecule has 0 bridgehead atoms. The highest BCUT2D eigenvalue weighted by atomic mass is 31.0. The summed E-state index contributed by atoms with van der Waals surface area (Å²) < 4.78 is 0. The van der Waals surface area contributed by atoms with Gasteiger partial charge in [-0.3, -0.25) is 0 Å². The Kier molecular flexibility index (Phi) is 8.66. The summed E-state index contributed by atoms with van der Waals surface area (Å²) in [6.45, 7) is 15.5. The smallest absolute Gasteiger partial charge is 0.00315 e. The van der Waals surface area contributed by atoms with Gasteiger partial charge in [-0.25, -0.2) is 0 Å². The zero-order valence-electron chi connectivity index (χ0n) is 18.9. The van der Waals surface area contributed by atoms with Crippen LogP contribution < -0.4 is 5.30 Å². The van der Waals surface area contributed by atoms with Gasteiger partial charge in [-0.2, -0.15) is 0 Å². The van der Waals surface area contributed by atoms with Crippen LogP contribution in [0.1, 0.15) is 59.4 Å². The minimum Gasteiger partial charge on any atom is -0.106 e. The van der Waals surface area contributed by atoms with Gasteiger partial charge in [0, 0.05) is 0 Å². The van der Waals surface area contributed by atoms with Crippen molar-refractivity contribution in [1.29, 1.82) is 0 Å². The lowest BCUT2D eigenvalue weighted by Gasteiger charge is -2.32. The van der Waals surface area contributed by atoms with E-state index in [1.165, 1.54) is 46.8 Å². The average Bonchev–Trinajstić information content (AvgIpc) is 2.62. The molecule has 1 atom stereocenters. The molecule has 0 saturated heterocycles. The minimum atomic E-state index is 0.297. The van der Waals surface area contributed by atoms with Crippen molar-refractivity contribution < 1.29 is 0 Å². The molecule has 0 spiro atoms. The molecule has 0 nitrogen and oxygen atoms in total. The standard InChI is InChI=1S/C28H37P/c1-21(12-17-27-24(4)11-8-18-28(27,5)6)9-7-10-22(2)19-23(3)20-25-13-15-26(29)16-14-25/h7,9-10,12-17,19H,3,8,11,18,20,29H2,1-2,4-6H3/b10-7+,17-12+,21-9+,22-19+. The molecule has 0 aromatic heterocycles. The van der Waals surface area contributed by atoms with Gasteiger partial charge in [-0.15, -0.1) is 9.24 Å². The molecule has 0 saturated carbocycles. The molecule has 0 aliphatic heterocycles. The quantitative estimate of drug-likeness (QED) is 0.321. The Labute approximate surface area is 181 Å². The summed E-state index contributed by atoms with van der Waals surface area (Å²) in [6.07, 6.45) is 17.9. The van der Waals surface area contributed by atoms with Crippen LogP contribution in [0.25, 0.3) is 0 Å². The number of allylic oxidation sites excluding steroid dienone is 11. The highest BCUT2D eigenvalue weighted by molar-refractivity contribution is 7.27. The third-order valence-electron chi connectivity index (χ3n) is 5.62. The molecule has 1 aromatic carbocycles. The van der Waals surface area contributed by atoms with E-state index in [-0.39, 0.29) is 0 Å². The van der Waals surface area contributed by atoms with Crippen LogP contribution in [0.3, 0.4) is 0 Å². The van der Waals surface area contributed by atoms with Crippen molar-refractivity contribution in [2.24, 2.45) is 5.41 Å². The van der Waals surface area contributed by atoms with Gasteiger partial charge in [0.05, 0.1) is 0 Å². The number of hydrogen-bond donors (Lipinski definition) is 0. The van der Waals surface area contributed by atoms with Crippen molar-refractivity contribution in [2.75, 3.05) is 0 Å². The van der Waals surface area contributed by atoms with Gasteiger partial charge >= 0.3 is 0 Å². The van der Waals surface area contributed by atoms with Crippen LogP contribution in [-0.2, 0) is 6.42 Å². The topological polar surface area (TPSA) is 0 Å². The first-order valence-electron chi connectivity index (χ1n) is 10.6. The normalized spacial score (nSPS) is 18.1. The van der Waals surface area contributed by atoms with Crippen LogP contribution in [0.15, 0.2) is 95.2 Å². The summed E-state index contributed by atoms with van der Waals surface area (Å²) in [6, 6.07) is 8.57. The molecule has 0 N–H and O–H groups in total.